The Labute approximate surface area is 112 Å². The molecule has 0 saturated heterocycles. The van der Waals surface area contributed by atoms with Crippen LogP contribution in [-0.4, -0.2) is 34.1 Å². The van der Waals surface area contributed by atoms with Crippen molar-refractivity contribution in [1.82, 2.24) is 4.72 Å². The van der Waals surface area contributed by atoms with Crippen LogP contribution in [0.25, 0.3) is 0 Å². The largest absolute Gasteiger partial charge is 0.383 e. The van der Waals surface area contributed by atoms with Crippen LogP contribution in [0, 0.1) is 0 Å². The molecule has 1 atom stereocenters. The van der Waals surface area contributed by atoms with E-state index in [0.717, 1.165) is 11.3 Å². The summed E-state index contributed by atoms with van der Waals surface area (Å²) in [7, 11) is -2.03. The molecular weight excluding hydrogens is 338 g/mol. The molecule has 8 heteroatoms. The molecule has 92 valence electrons. The summed E-state index contributed by atoms with van der Waals surface area (Å²) < 4.78 is 32.0. The van der Waals surface area contributed by atoms with Crippen LogP contribution in [0.3, 0.4) is 0 Å². The van der Waals surface area contributed by atoms with E-state index < -0.39 is 16.1 Å². The lowest BCUT2D eigenvalue weighted by Crippen LogP contribution is -2.39. The lowest BCUT2D eigenvalue weighted by molar-refractivity contribution is 0.181. The SMILES string of the molecule is COCC(CCl)NS(=O)(=O)c1sccc1Br. The van der Waals surface area contributed by atoms with Gasteiger partial charge in [0.05, 0.1) is 12.6 Å². The molecule has 16 heavy (non-hydrogen) atoms. The third-order valence-electron chi connectivity index (χ3n) is 1.70. The molecule has 0 aliphatic heterocycles. The van der Waals surface area contributed by atoms with E-state index in [1.165, 1.54) is 7.11 Å². The van der Waals surface area contributed by atoms with E-state index in [-0.39, 0.29) is 16.7 Å². The molecule has 0 radical (unpaired) electrons. The molecule has 0 spiro atoms. The zero-order valence-corrected chi connectivity index (χ0v) is 12.4. The van der Waals surface area contributed by atoms with Crippen molar-refractivity contribution in [1.29, 1.82) is 0 Å². The van der Waals surface area contributed by atoms with Crippen LogP contribution < -0.4 is 4.72 Å². The molecule has 0 aliphatic rings. The van der Waals surface area contributed by atoms with Crippen molar-refractivity contribution in [3.63, 3.8) is 0 Å². The first kappa shape index (κ1) is 14.4. The van der Waals surface area contributed by atoms with Crippen molar-refractivity contribution >= 4 is 48.9 Å². The summed E-state index contributed by atoms with van der Waals surface area (Å²) >= 11 is 9.96. The van der Waals surface area contributed by atoms with E-state index in [1.54, 1.807) is 11.4 Å². The number of halogens is 2. The van der Waals surface area contributed by atoms with Crippen molar-refractivity contribution < 1.29 is 13.2 Å². The van der Waals surface area contributed by atoms with Gasteiger partial charge in [-0.2, -0.15) is 0 Å². The predicted octanol–water partition coefficient (Wildman–Crippen LogP) is 2.04. The topological polar surface area (TPSA) is 55.4 Å². The fourth-order valence-corrected chi connectivity index (χ4v) is 4.89. The number of nitrogens with one attached hydrogen (secondary N) is 1. The molecule has 0 aliphatic carbocycles. The third kappa shape index (κ3) is 3.68. The summed E-state index contributed by atoms with van der Waals surface area (Å²) in [6.45, 7) is 0.242. The summed E-state index contributed by atoms with van der Waals surface area (Å²) in [4.78, 5) is 0. The van der Waals surface area contributed by atoms with E-state index in [9.17, 15) is 8.42 Å². The average Bonchev–Trinajstić information content (AvgIpc) is 2.64. The van der Waals surface area contributed by atoms with Crippen LogP contribution in [0.15, 0.2) is 20.1 Å². The van der Waals surface area contributed by atoms with Gasteiger partial charge in [-0.25, -0.2) is 13.1 Å². The van der Waals surface area contributed by atoms with Gasteiger partial charge >= 0.3 is 0 Å². The standard InChI is InChI=1S/C8H11BrClNO3S2/c1-14-5-6(4-10)11-16(12,13)8-7(9)2-3-15-8/h2-3,6,11H,4-5H2,1H3. The van der Waals surface area contributed by atoms with E-state index in [2.05, 4.69) is 20.7 Å². The fraction of sp³-hybridized carbons (Fsp3) is 0.500. The lowest BCUT2D eigenvalue weighted by Gasteiger charge is -2.14. The summed E-state index contributed by atoms with van der Waals surface area (Å²) in [6.07, 6.45) is 0. The van der Waals surface area contributed by atoms with Crippen LogP contribution in [0.5, 0.6) is 0 Å². The Balaban J connectivity index is 2.83. The first-order chi connectivity index (χ1) is 7.51. The first-order valence-electron chi connectivity index (χ1n) is 4.31. The van der Waals surface area contributed by atoms with Crippen molar-refractivity contribution in [3.05, 3.63) is 15.9 Å². The molecule has 0 fully saturated rings. The van der Waals surface area contributed by atoms with E-state index in [4.69, 9.17) is 16.3 Å². The highest BCUT2D eigenvalue weighted by Gasteiger charge is 2.22. The van der Waals surface area contributed by atoms with Crippen molar-refractivity contribution in [2.45, 2.75) is 10.3 Å². The summed E-state index contributed by atoms with van der Waals surface area (Å²) in [6, 6.07) is 1.26. The second kappa shape index (κ2) is 6.32. The van der Waals surface area contributed by atoms with Gasteiger partial charge in [0.2, 0.25) is 0 Å². The fourth-order valence-electron chi connectivity index (χ4n) is 1.06. The zero-order chi connectivity index (χ0) is 12.2. The molecule has 1 unspecified atom stereocenters. The Morgan fingerprint density at radius 2 is 2.38 bits per heavy atom. The smallest absolute Gasteiger partial charge is 0.251 e. The van der Waals surface area contributed by atoms with Crippen molar-refractivity contribution in [3.8, 4) is 0 Å². The van der Waals surface area contributed by atoms with Crippen LogP contribution in [0.2, 0.25) is 0 Å². The highest BCUT2D eigenvalue weighted by molar-refractivity contribution is 9.10. The maximum absolute atomic E-state index is 11.9. The maximum atomic E-state index is 11.9. The Hall–Kier alpha value is 0.340. The molecule has 1 heterocycles. The second-order valence-corrected chi connectivity index (χ2v) is 6.97. The van der Waals surface area contributed by atoms with Gasteiger partial charge in [-0.3, -0.25) is 0 Å². The van der Waals surface area contributed by atoms with Gasteiger partial charge in [0.25, 0.3) is 10.0 Å². The number of alkyl halides is 1. The van der Waals surface area contributed by atoms with Gasteiger partial charge in [0.1, 0.15) is 4.21 Å². The third-order valence-corrected chi connectivity index (χ3v) is 6.27. The highest BCUT2D eigenvalue weighted by atomic mass is 79.9. The maximum Gasteiger partial charge on any atom is 0.251 e. The molecule has 0 saturated carbocycles. The van der Waals surface area contributed by atoms with E-state index in [0.29, 0.717) is 4.47 Å². The van der Waals surface area contributed by atoms with E-state index >= 15 is 0 Å². The number of ether oxygens (including phenoxy) is 1. The Morgan fingerprint density at radius 1 is 1.69 bits per heavy atom. The minimum Gasteiger partial charge on any atom is -0.383 e. The number of rotatable bonds is 6. The summed E-state index contributed by atoms with van der Waals surface area (Å²) in [5.41, 5.74) is 0. The first-order valence-corrected chi connectivity index (χ1v) is 8.00. The summed E-state index contributed by atoms with van der Waals surface area (Å²) in [5.74, 6) is 0.163. The minimum atomic E-state index is -3.52. The Morgan fingerprint density at radius 3 is 2.81 bits per heavy atom. The second-order valence-electron chi connectivity index (χ2n) is 2.98. The van der Waals surface area contributed by atoms with Gasteiger partial charge < -0.3 is 4.74 Å². The number of sulfonamides is 1. The van der Waals surface area contributed by atoms with E-state index in [1.807, 2.05) is 0 Å². The molecule has 1 rings (SSSR count). The monoisotopic (exact) mass is 347 g/mol. The van der Waals surface area contributed by atoms with Crippen LogP contribution in [0.4, 0.5) is 0 Å². The molecule has 0 bridgehead atoms. The van der Waals surface area contributed by atoms with Gasteiger partial charge in [-0.15, -0.1) is 22.9 Å². The van der Waals surface area contributed by atoms with Gasteiger partial charge in [-0.1, -0.05) is 0 Å². The van der Waals surface area contributed by atoms with Crippen molar-refractivity contribution in [2.24, 2.45) is 0 Å². The number of hydrogen-bond donors (Lipinski definition) is 1. The molecular formula is C8H11BrClNO3S2. The number of hydrogen-bond acceptors (Lipinski definition) is 4. The van der Waals surface area contributed by atoms with Gasteiger partial charge in [0, 0.05) is 17.5 Å². The normalized spacial score (nSPS) is 13.9. The van der Waals surface area contributed by atoms with Crippen LogP contribution >= 0.6 is 38.9 Å². The van der Waals surface area contributed by atoms with Gasteiger partial charge in [0.15, 0.2) is 0 Å². The number of thiophene rings is 1. The zero-order valence-electron chi connectivity index (χ0n) is 8.44. The Kier molecular flexibility index (Phi) is 5.69. The molecule has 4 nitrogen and oxygen atoms in total. The lowest BCUT2D eigenvalue weighted by atomic mass is 10.4. The Bertz CT molecular complexity index is 434. The number of methoxy groups -OCH3 is 1. The predicted molar refractivity (Wildman–Crippen MR) is 68.7 cm³/mol. The molecule has 0 amide bonds. The molecule has 0 aromatic carbocycles. The summed E-state index contributed by atoms with van der Waals surface area (Å²) in [5, 5.41) is 1.70. The molecule has 1 aromatic rings. The van der Waals surface area contributed by atoms with Gasteiger partial charge in [-0.05, 0) is 27.4 Å². The van der Waals surface area contributed by atoms with Crippen LogP contribution in [-0.2, 0) is 14.8 Å². The highest BCUT2D eigenvalue weighted by Crippen LogP contribution is 2.27. The quantitative estimate of drug-likeness (QED) is 0.801. The minimum absolute atomic E-state index is 0.163. The molecule has 1 aromatic heterocycles. The molecule has 1 N–H and O–H groups in total. The van der Waals surface area contributed by atoms with Crippen LogP contribution in [0.1, 0.15) is 0 Å². The van der Waals surface area contributed by atoms with Crippen molar-refractivity contribution in [2.75, 3.05) is 19.6 Å². The average molecular weight is 349 g/mol.